The molecule has 2 nitrogen and oxygen atoms in total. The molecular formula is C17H34N2. The van der Waals surface area contributed by atoms with Gasteiger partial charge >= 0.3 is 0 Å². The van der Waals surface area contributed by atoms with Crippen molar-refractivity contribution >= 4 is 0 Å². The number of hydrogen-bond acceptors (Lipinski definition) is 2. The molecule has 1 N–H and O–H groups in total. The second-order valence-electron chi connectivity index (χ2n) is 6.91. The van der Waals surface area contributed by atoms with Crippen molar-refractivity contribution in [1.29, 1.82) is 0 Å². The third-order valence-corrected chi connectivity index (χ3v) is 5.04. The van der Waals surface area contributed by atoms with Crippen LogP contribution in [0.25, 0.3) is 0 Å². The van der Waals surface area contributed by atoms with E-state index in [-0.39, 0.29) is 0 Å². The van der Waals surface area contributed by atoms with Crippen LogP contribution in [-0.4, -0.2) is 37.1 Å². The van der Waals surface area contributed by atoms with Crippen molar-refractivity contribution in [2.24, 2.45) is 11.8 Å². The molecule has 1 saturated carbocycles. The van der Waals surface area contributed by atoms with Gasteiger partial charge in [-0.15, -0.1) is 0 Å². The Morgan fingerprint density at radius 3 is 2.53 bits per heavy atom. The summed E-state index contributed by atoms with van der Waals surface area (Å²) in [7, 11) is 0. The van der Waals surface area contributed by atoms with Gasteiger partial charge in [-0.3, -0.25) is 0 Å². The van der Waals surface area contributed by atoms with Gasteiger partial charge in [0.15, 0.2) is 0 Å². The van der Waals surface area contributed by atoms with E-state index in [1.165, 1.54) is 77.5 Å². The van der Waals surface area contributed by atoms with Crippen molar-refractivity contribution in [2.45, 2.75) is 71.3 Å². The monoisotopic (exact) mass is 266 g/mol. The van der Waals surface area contributed by atoms with Crippen LogP contribution in [-0.2, 0) is 0 Å². The molecule has 2 heteroatoms. The topological polar surface area (TPSA) is 15.3 Å². The van der Waals surface area contributed by atoms with E-state index in [1.54, 1.807) is 0 Å². The van der Waals surface area contributed by atoms with E-state index in [1.807, 2.05) is 0 Å². The van der Waals surface area contributed by atoms with E-state index in [9.17, 15) is 0 Å². The van der Waals surface area contributed by atoms with Crippen LogP contribution < -0.4 is 5.32 Å². The van der Waals surface area contributed by atoms with E-state index in [0.29, 0.717) is 0 Å². The Kier molecular flexibility index (Phi) is 6.66. The Bertz CT molecular complexity index is 237. The lowest BCUT2D eigenvalue weighted by Crippen LogP contribution is -2.50. The zero-order chi connectivity index (χ0) is 13.5. The molecule has 2 unspecified atom stereocenters. The first-order valence-electron chi connectivity index (χ1n) is 8.77. The van der Waals surface area contributed by atoms with Gasteiger partial charge in [-0.1, -0.05) is 33.1 Å². The fourth-order valence-corrected chi connectivity index (χ4v) is 3.68. The lowest BCUT2D eigenvalue weighted by Gasteiger charge is -2.39. The summed E-state index contributed by atoms with van der Waals surface area (Å²) in [5.74, 6) is 1.94. The van der Waals surface area contributed by atoms with Gasteiger partial charge in [-0.25, -0.2) is 0 Å². The number of unbranched alkanes of at least 4 members (excludes halogenated alkanes) is 1. The average Bonchev–Trinajstić information content (AvgIpc) is 2.35. The molecule has 0 aromatic heterocycles. The maximum absolute atomic E-state index is 3.88. The Hall–Kier alpha value is -0.0800. The van der Waals surface area contributed by atoms with Gasteiger partial charge in [-0.05, 0) is 57.0 Å². The van der Waals surface area contributed by atoms with Crippen LogP contribution in [0.4, 0.5) is 0 Å². The standard InChI is InChI=1S/C17H34N2/c1-3-5-7-16-11-17(14-19(13-16)10-4-2)18-12-15-8-6-9-15/h15-18H,3-14H2,1-2H3. The molecule has 0 aromatic rings. The second kappa shape index (κ2) is 8.26. The third kappa shape index (κ3) is 5.07. The van der Waals surface area contributed by atoms with E-state index in [2.05, 4.69) is 24.1 Å². The van der Waals surface area contributed by atoms with Gasteiger partial charge in [0, 0.05) is 19.1 Å². The highest BCUT2D eigenvalue weighted by atomic mass is 15.2. The Morgan fingerprint density at radius 1 is 1.05 bits per heavy atom. The van der Waals surface area contributed by atoms with Crippen LogP contribution >= 0.6 is 0 Å². The van der Waals surface area contributed by atoms with Gasteiger partial charge in [0.05, 0.1) is 0 Å². The number of rotatable bonds is 8. The maximum atomic E-state index is 3.88. The first-order chi connectivity index (χ1) is 9.31. The molecule has 112 valence electrons. The predicted octanol–water partition coefficient (Wildman–Crippen LogP) is 3.67. The molecule has 0 aromatic carbocycles. The number of likely N-dealkylation sites (tertiary alicyclic amines) is 1. The summed E-state index contributed by atoms with van der Waals surface area (Å²) in [5.41, 5.74) is 0. The largest absolute Gasteiger partial charge is 0.312 e. The molecule has 0 spiro atoms. The fourth-order valence-electron chi connectivity index (χ4n) is 3.68. The summed E-state index contributed by atoms with van der Waals surface area (Å²) in [4.78, 5) is 2.71. The van der Waals surface area contributed by atoms with Crippen LogP contribution in [0.5, 0.6) is 0 Å². The lowest BCUT2D eigenvalue weighted by molar-refractivity contribution is 0.128. The minimum Gasteiger partial charge on any atom is -0.312 e. The molecule has 1 saturated heterocycles. The molecule has 1 aliphatic carbocycles. The van der Waals surface area contributed by atoms with Crippen molar-refractivity contribution in [1.82, 2.24) is 10.2 Å². The van der Waals surface area contributed by atoms with E-state index in [0.717, 1.165) is 17.9 Å². The highest BCUT2D eigenvalue weighted by Gasteiger charge is 2.27. The normalized spacial score (nSPS) is 29.4. The highest BCUT2D eigenvalue weighted by molar-refractivity contribution is 4.85. The van der Waals surface area contributed by atoms with Gasteiger partial charge in [-0.2, -0.15) is 0 Å². The van der Waals surface area contributed by atoms with Crippen LogP contribution in [0.3, 0.4) is 0 Å². The molecular weight excluding hydrogens is 232 g/mol. The van der Waals surface area contributed by atoms with Gasteiger partial charge in [0.2, 0.25) is 0 Å². The first-order valence-corrected chi connectivity index (χ1v) is 8.77. The van der Waals surface area contributed by atoms with E-state index < -0.39 is 0 Å². The van der Waals surface area contributed by atoms with E-state index in [4.69, 9.17) is 0 Å². The number of piperidine rings is 1. The third-order valence-electron chi connectivity index (χ3n) is 5.04. The zero-order valence-electron chi connectivity index (χ0n) is 13.2. The Balaban J connectivity index is 1.75. The molecule has 0 bridgehead atoms. The maximum Gasteiger partial charge on any atom is 0.0198 e. The minimum atomic E-state index is 0.766. The molecule has 19 heavy (non-hydrogen) atoms. The van der Waals surface area contributed by atoms with Crippen molar-refractivity contribution in [3.8, 4) is 0 Å². The van der Waals surface area contributed by atoms with Crippen LogP contribution in [0, 0.1) is 11.8 Å². The summed E-state index contributed by atoms with van der Waals surface area (Å²) in [5, 5.41) is 3.88. The number of hydrogen-bond donors (Lipinski definition) is 1. The SMILES string of the molecule is CCCCC1CC(NCC2CCC2)CN(CCC)C1. The van der Waals surface area contributed by atoms with Crippen LogP contribution in [0.2, 0.25) is 0 Å². The molecule has 0 amide bonds. The van der Waals surface area contributed by atoms with Crippen molar-refractivity contribution in [3.63, 3.8) is 0 Å². The van der Waals surface area contributed by atoms with Crippen molar-refractivity contribution in [2.75, 3.05) is 26.2 Å². The molecule has 1 heterocycles. The zero-order valence-corrected chi connectivity index (χ0v) is 13.2. The van der Waals surface area contributed by atoms with Gasteiger partial charge in [0.25, 0.3) is 0 Å². The second-order valence-corrected chi connectivity index (χ2v) is 6.91. The quantitative estimate of drug-likeness (QED) is 0.721. The summed E-state index contributed by atoms with van der Waals surface area (Å²) < 4.78 is 0. The molecule has 2 fully saturated rings. The summed E-state index contributed by atoms with van der Waals surface area (Å²) in [6.07, 6.45) is 11.3. The Morgan fingerprint density at radius 2 is 1.89 bits per heavy atom. The predicted molar refractivity (Wildman–Crippen MR) is 83.5 cm³/mol. The minimum absolute atomic E-state index is 0.766. The summed E-state index contributed by atoms with van der Waals surface area (Å²) in [6, 6.07) is 0.766. The van der Waals surface area contributed by atoms with Crippen molar-refractivity contribution in [3.05, 3.63) is 0 Å². The number of nitrogens with one attached hydrogen (secondary N) is 1. The van der Waals surface area contributed by atoms with Crippen molar-refractivity contribution < 1.29 is 0 Å². The fraction of sp³-hybridized carbons (Fsp3) is 1.00. The molecule has 2 rings (SSSR count). The molecule has 1 aliphatic heterocycles. The van der Waals surface area contributed by atoms with E-state index >= 15 is 0 Å². The summed E-state index contributed by atoms with van der Waals surface area (Å²) >= 11 is 0. The smallest absolute Gasteiger partial charge is 0.0198 e. The first kappa shape index (κ1) is 15.3. The summed E-state index contributed by atoms with van der Waals surface area (Å²) in [6.45, 7) is 9.86. The molecule has 2 atom stereocenters. The lowest BCUT2D eigenvalue weighted by atomic mass is 9.84. The van der Waals surface area contributed by atoms with Gasteiger partial charge in [0.1, 0.15) is 0 Å². The highest BCUT2D eigenvalue weighted by Crippen LogP contribution is 2.27. The Labute approximate surface area is 120 Å². The van der Waals surface area contributed by atoms with Gasteiger partial charge < -0.3 is 10.2 Å². The molecule has 2 aliphatic rings. The van der Waals surface area contributed by atoms with Crippen LogP contribution in [0.1, 0.15) is 65.2 Å². The average molecular weight is 266 g/mol. The van der Waals surface area contributed by atoms with Crippen LogP contribution in [0.15, 0.2) is 0 Å². The number of nitrogens with zero attached hydrogens (tertiary/aromatic N) is 1. The molecule has 0 radical (unpaired) electrons.